The standard InChI is InChI=1S/C25H24ClNO6/c1-14(2)32-18-7-4-15(5-8-18)22-21(24(29)25(30)27(22)10-11-31-3)23(28)20-13-16-12-17(26)6-9-19(16)33-20/h4-9,12-14,22,29H,10-11H2,1-3H3. The van der Waals surface area contributed by atoms with E-state index in [2.05, 4.69) is 0 Å². The fourth-order valence-electron chi connectivity index (χ4n) is 3.91. The Balaban J connectivity index is 1.75. The minimum Gasteiger partial charge on any atom is -0.503 e. The van der Waals surface area contributed by atoms with Crippen molar-refractivity contribution in [2.45, 2.75) is 26.0 Å². The van der Waals surface area contributed by atoms with Crippen molar-refractivity contribution < 1.29 is 28.6 Å². The zero-order valence-corrected chi connectivity index (χ0v) is 19.3. The Morgan fingerprint density at radius 3 is 2.58 bits per heavy atom. The van der Waals surface area contributed by atoms with Gasteiger partial charge < -0.3 is 23.9 Å². The van der Waals surface area contributed by atoms with Crippen LogP contribution in [-0.2, 0) is 9.53 Å². The maximum Gasteiger partial charge on any atom is 0.290 e. The largest absolute Gasteiger partial charge is 0.503 e. The molecule has 7 nitrogen and oxygen atoms in total. The number of aliphatic hydroxyl groups is 1. The molecule has 0 aliphatic carbocycles. The highest BCUT2D eigenvalue weighted by Gasteiger charge is 2.44. The quantitative estimate of drug-likeness (QED) is 0.462. The lowest BCUT2D eigenvalue weighted by Gasteiger charge is -2.26. The average molecular weight is 470 g/mol. The number of aliphatic hydroxyl groups excluding tert-OH is 1. The number of furan rings is 1. The Hall–Kier alpha value is -3.29. The summed E-state index contributed by atoms with van der Waals surface area (Å²) in [5.41, 5.74) is 1.09. The van der Waals surface area contributed by atoms with Gasteiger partial charge in [0.2, 0.25) is 5.78 Å². The molecule has 0 spiro atoms. The fraction of sp³-hybridized carbons (Fsp3) is 0.280. The lowest BCUT2D eigenvalue weighted by atomic mass is 9.95. The average Bonchev–Trinajstić information content (AvgIpc) is 3.31. The number of carbonyl (C=O) groups excluding carboxylic acids is 2. The third-order valence-corrected chi connectivity index (χ3v) is 5.59. The highest BCUT2D eigenvalue weighted by Crippen LogP contribution is 2.40. The number of fused-ring (bicyclic) bond motifs is 1. The van der Waals surface area contributed by atoms with E-state index in [1.165, 1.54) is 12.0 Å². The molecule has 8 heteroatoms. The van der Waals surface area contributed by atoms with Crippen LogP contribution in [0.2, 0.25) is 5.02 Å². The summed E-state index contributed by atoms with van der Waals surface area (Å²) in [7, 11) is 1.52. The second kappa shape index (κ2) is 9.29. The van der Waals surface area contributed by atoms with E-state index < -0.39 is 23.5 Å². The van der Waals surface area contributed by atoms with Crippen LogP contribution in [0.4, 0.5) is 0 Å². The minimum atomic E-state index is -0.801. The van der Waals surface area contributed by atoms with Crippen LogP contribution in [0.3, 0.4) is 0 Å². The Kier molecular flexibility index (Phi) is 6.44. The number of amides is 1. The van der Waals surface area contributed by atoms with Gasteiger partial charge in [0.05, 0.1) is 24.3 Å². The Morgan fingerprint density at radius 1 is 1.18 bits per heavy atom. The number of hydrogen-bond donors (Lipinski definition) is 1. The second-order valence-electron chi connectivity index (χ2n) is 8.01. The zero-order chi connectivity index (χ0) is 23.7. The van der Waals surface area contributed by atoms with Gasteiger partial charge in [0.1, 0.15) is 11.3 Å². The monoisotopic (exact) mass is 469 g/mol. The van der Waals surface area contributed by atoms with Crippen LogP contribution in [0.1, 0.15) is 36.0 Å². The van der Waals surface area contributed by atoms with E-state index in [1.807, 2.05) is 13.8 Å². The van der Waals surface area contributed by atoms with Gasteiger partial charge >= 0.3 is 0 Å². The molecule has 1 amide bonds. The first-order valence-electron chi connectivity index (χ1n) is 10.5. The number of Topliss-reactive ketones (excluding diaryl/α,β-unsaturated/α-hetero) is 1. The van der Waals surface area contributed by atoms with E-state index in [9.17, 15) is 14.7 Å². The van der Waals surface area contributed by atoms with E-state index >= 15 is 0 Å². The van der Waals surface area contributed by atoms with Crippen molar-refractivity contribution in [3.8, 4) is 5.75 Å². The number of halogens is 1. The topological polar surface area (TPSA) is 89.2 Å². The summed E-state index contributed by atoms with van der Waals surface area (Å²) < 4.78 is 16.6. The summed E-state index contributed by atoms with van der Waals surface area (Å²) in [6.45, 7) is 4.29. The number of hydrogen-bond acceptors (Lipinski definition) is 6. The molecule has 2 heterocycles. The Bertz CT molecular complexity index is 1230. The van der Waals surface area contributed by atoms with Crippen molar-refractivity contribution in [1.29, 1.82) is 0 Å². The van der Waals surface area contributed by atoms with E-state index in [0.717, 1.165) is 0 Å². The molecular weight excluding hydrogens is 446 g/mol. The molecule has 2 aromatic carbocycles. The van der Waals surface area contributed by atoms with Crippen molar-refractivity contribution in [3.05, 3.63) is 76.2 Å². The molecule has 1 aliphatic rings. The number of rotatable bonds is 8. The summed E-state index contributed by atoms with van der Waals surface area (Å²) in [6, 6.07) is 12.9. The van der Waals surface area contributed by atoms with Gasteiger partial charge in [-0.15, -0.1) is 0 Å². The van der Waals surface area contributed by atoms with Gasteiger partial charge in [0.15, 0.2) is 11.5 Å². The SMILES string of the molecule is COCCN1C(=O)C(O)=C(C(=O)c2cc3cc(Cl)ccc3o2)C1c1ccc(OC(C)C)cc1. The first kappa shape index (κ1) is 22.9. The third-order valence-electron chi connectivity index (χ3n) is 5.35. The molecule has 1 N–H and O–H groups in total. The van der Waals surface area contributed by atoms with Gasteiger partial charge in [-0.3, -0.25) is 9.59 Å². The number of benzene rings is 2. The molecule has 0 radical (unpaired) electrons. The maximum atomic E-state index is 13.5. The van der Waals surface area contributed by atoms with Crippen LogP contribution in [0.25, 0.3) is 11.0 Å². The molecule has 0 bridgehead atoms. The fourth-order valence-corrected chi connectivity index (χ4v) is 4.09. The molecule has 1 atom stereocenters. The summed E-state index contributed by atoms with van der Waals surface area (Å²) in [6.07, 6.45) is 0.00442. The highest BCUT2D eigenvalue weighted by atomic mass is 35.5. The molecule has 0 saturated heterocycles. The summed E-state index contributed by atoms with van der Waals surface area (Å²) in [4.78, 5) is 27.8. The van der Waals surface area contributed by atoms with Crippen LogP contribution in [-0.4, -0.2) is 48.1 Å². The van der Waals surface area contributed by atoms with Gasteiger partial charge in [0.25, 0.3) is 5.91 Å². The highest BCUT2D eigenvalue weighted by molar-refractivity contribution is 6.31. The third kappa shape index (κ3) is 4.47. The van der Waals surface area contributed by atoms with Gasteiger partial charge in [-0.1, -0.05) is 23.7 Å². The van der Waals surface area contributed by atoms with Crippen molar-refractivity contribution in [2.75, 3.05) is 20.3 Å². The van der Waals surface area contributed by atoms with Crippen molar-refractivity contribution in [2.24, 2.45) is 0 Å². The van der Waals surface area contributed by atoms with Crippen molar-refractivity contribution in [3.63, 3.8) is 0 Å². The molecule has 1 aliphatic heterocycles. The molecule has 1 aromatic heterocycles. The van der Waals surface area contributed by atoms with E-state index in [0.29, 0.717) is 27.3 Å². The molecule has 0 fully saturated rings. The normalized spacial score (nSPS) is 16.3. The van der Waals surface area contributed by atoms with Gasteiger partial charge in [-0.2, -0.15) is 0 Å². The predicted molar refractivity (Wildman–Crippen MR) is 124 cm³/mol. The molecule has 3 aromatic rings. The lowest BCUT2D eigenvalue weighted by molar-refractivity contribution is -0.130. The number of ether oxygens (including phenoxy) is 2. The molecule has 1 unspecified atom stereocenters. The van der Waals surface area contributed by atoms with Crippen LogP contribution in [0, 0.1) is 0 Å². The number of carbonyl (C=O) groups is 2. The van der Waals surface area contributed by atoms with E-state index in [4.69, 9.17) is 25.5 Å². The van der Waals surface area contributed by atoms with E-state index in [1.54, 1.807) is 48.5 Å². The molecular formula is C25H24ClNO6. The zero-order valence-electron chi connectivity index (χ0n) is 18.5. The number of nitrogens with zero attached hydrogens (tertiary/aromatic N) is 1. The Labute approximate surface area is 196 Å². The lowest BCUT2D eigenvalue weighted by Crippen LogP contribution is -2.34. The first-order valence-corrected chi connectivity index (χ1v) is 10.9. The van der Waals surface area contributed by atoms with Crippen LogP contribution >= 0.6 is 11.6 Å². The molecule has 33 heavy (non-hydrogen) atoms. The van der Waals surface area contributed by atoms with Crippen LogP contribution in [0.15, 0.2) is 64.3 Å². The van der Waals surface area contributed by atoms with Crippen LogP contribution < -0.4 is 4.74 Å². The van der Waals surface area contributed by atoms with Gasteiger partial charge in [-0.05, 0) is 55.8 Å². The predicted octanol–water partition coefficient (Wildman–Crippen LogP) is 5.10. The van der Waals surface area contributed by atoms with Crippen molar-refractivity contribution in [1.82, 2.24) is 4.90 Å². The summed E-state index contributed by atoms with van der Waals surface area (Å²) in [5, 5.41) is 11.9. The van der Waals surface area contributed by atoms with Crippen LogP contribution in [0.5, 0.6) is 5.75 Å². The van der Waals surface area contributed by atoms with E-state index in [-0.39, 0.29) is 30.6 Å². The van der Waals surface area contributed by atoms with Crippen molar-refractivity contribution >= 4 is 34.3 Å². The maximum absolute atomic E-state index is 13.5. The first-order chi connectivity index (χ1) is 15.8. The molecule has 0 saturated carbocycles. The Morgan fingerprint density at radius 2 is 1.91 bits per heavy atom. The summed E-state index contributed by atoms with van der Waals surface area (Å²) in [5.74, 6) is -1.12. The molecule has 172 valence electrons. The summed E-state index contributed by atoms with van der Waals surface area (Å²) >= 11 is 6.04. The van der Waals surface area contributed by atoms with Gasteiger partial charge in [-0.25, -0.2) is 0 Å². The number of methoxy groups -OCH3 is 1. The number of ketones is 1. The molecule has 4 rings (SSSR count). The smallest absolute Gasteiger partial charge is 0.290 e. The van der Waals surface area contributed by atoms with Gasteiger partial charge in [0, 0.05) is 24.1 Å². The minimum absolute atomic E-state index is 0.00442. The second-order valence-corrected chi connectivity index (χ2v) is 8.45.